The molecule has 5 rings (SSSR count). The summed E-state index contributed by atoms with van der Waals surface area (Å²) in [5, 5.41) is 11.4. The van der Waals surface area contributed by atoms with Gasteiger partial charge < -0.3 is 15.2 Å². The van der Waals surface area contributed by atoms with E-state index in [4.69, 9.17) is 4.52 Å². The summed E-state index contributed by atoms with van der Waals surface area (Å²) in [7, 11) is 0. The number of benzene rings is 1. The Morgan fingerprint density at radius 2 is 2.03 bits per heavy atom. The van der Waals surface area contributed by atoms with Crippen molar-refractivity contribution in [3.05, 3.63) is 57.9 Å². The highest BCUT2D eigenvalue weighted by molar-refractivity contribution is 6.06. The number of carbonyl (C=O) groups excluding carboxylic acids is 1. The van der Waals surface area contributed by atoms with Gasteiger partial charge in [0.2, 0.25) is 0 Å². The standard InChI is InChI=1S/C22H24N4O2.ClH/c1-12(2)20-19-17(8-18(14-5-6-14)25-22(19)28-26-20)21(27)24-9-13-3-4-15-10-23-11-16(15)7-13;/h3-4,7-8,12,14,23H,5-6,9-11H2,1-2H3,(H,24,27);1H. The predicted octanol–water partition coefficient (Wildman–Crippen LogP) is 4.18. The van der Waals surface area contributed by atoms with Crippen LogP contribution in [0.5, 0.6) is 0 Å². The van der Waals surface area contributed by atoms with E-state index in [1.54, 1.807) is 0 Å². The molecule has 0 atom stereocenters. The van der Waals surface area contributed by atoms with E-state index in [0.717, 1.165) is 48.3 Å². The molecule has 2 aliphatic rings. The van der Waals surface area contributed by atoms with Gasteiger partial charge in [0.15, 0.2) is 0 Å². The van der Waals surface area contributed by atoms with E-state index >= 15 is 0 Å². The van der Waals surface area contributed by atoms with Crippen molar-refractivity contribution in [1.82, 2.24) is 20.8 Å². The molecule has 1 fully saturated rings. The predicted molar refractivity (Wildman–Crippen MR) is 113 cm³/mol. The molecule has 152 valence electrons. The highest BCUT2D eigenvalue weighted by Crippen LogP contribution is 2.41. The Morgan fingerprint density at radius 3 is 2.79 bits per heavy atom. The van der Waals surface area contributed by atoms with Crippen LogP contribution in [0.4, 0.5) is 0 Å². The molecular weight excluding hydrogens is 388 g/mol. The van der Waals surface area contributed by atoms with Crippen molar-refractivity contribution < 1.29 is 9.32 Å². The van der Waals surface area contributed by atoms with Crippen LogP contribution >= 0.6 is 12.4 Å². The van der Waals surface area contributed by atoms with E-state index in [9.17, 15) is 4.79 Å². The minimum Gasteiger partial charge on any atom is -0.348 e. The first-order chi connectivity index (χ1) is 13.6. The number of rotatable bonds is 5. The van der Waals surface area contributed by atoms with Crippen molar-refractivity contribution in [2.24, 2.45) is 0 Å². The Hall–Kier alpha value is -2.44. The third kappa shape index (κ3) is 3.74. The van der Waals surface area contributed by atoms with Gasteiger partial charge in [0.1, 0.15) is 0 Å². The van der Waals surface area contributed by atoms with Gasteiger partial charge in [0.05, 0.1) is 16.6 Å². The second-order valence-corrected chi connectivity index (χ2v) is 8.16. The average Bonchev–Trinajstić information content (AvgIpc) is 3.28. The molecule has 0 bridgehead atoms. The number of fused-ring (bicyclic) bond motifs is 2. The maximum atomic E-state index is 13.1. The van der Waals surface area contributed by atoms with Gasteiger partial charge in [0.25, 0.3) is 11.6 Å². The lowest BCUT2D eigenvalue weighted by Crippen LogP contribution is -2.23. The third-order valence-electron chi connectivity index (χ3n) is 5.63. The molecular formula is C22H25ClN4O2. The number of amides is 1. The van der Waals surface area contributed by atoms with Gasteiger partial charge >= 0.3 is 0 Å². The van der Waals surface area contributed by atoms with Crippen molar-refractivity contribution in [2.45, 2.75) is 58.2 Å². The Kier molecular flexibility index (Phi) is 5.32. The zero-order valence-electron chi connectivity index (χ0n) is 16.6. The van der Waals surface area contributed by atoms with Crippen molar-refractivity contribution in [1.29, 1.82) is 0 Å². The second kappa shape index (κ2) is 7.76. The Bertz CT molecular complexity index is 1070. The summed E-state index contributed by atoms with van der Waals surface area (Å²) in [6, 6.07) is 8.34. The molecule has 2 N–H and O–H groups in total. The zero-order chi connectivity index (χ0) is 19.3. The van der Waals surface area contributed by atoms with Gasteiger partial charge in [0, 0.05) is 31.2 Å². The molecule has 1 saturated carbocycles. The van der Waals surface area contributed by atoms with Gasteiger partial charge in [-0.2, -0.15) is 0 Å². The lowest BCUT2D eigenvalue weighted by Gasteiger charge is -2.10. The molecule has 1 aliphatic heterocycles. The van der Waals surface area contributed by atoms with Crippen LogP contribution < -0.4 is 10.6 Å². The summed E-state index contributed by atoms with van der Waals surface area (Å²) in [4.78, 5) is 17.7. The number of nitrogens with one attached hydrogen (secondary N) is 2. The number of hydrogen-bond donors (Lipinski definition) is 2. The second-order valence-electron chi connectivity index (χ2n) is 8.16. The third-order valence-corrected chi connectivity index (χ3v) is 5.63. The first-order valence-electron chi connectivity index (χ1n) is 10.00. The number of pyridine rings is 1. The summed E-state index contributed by atoms with van der Waals surface area (Å²) in [6.45, 7) is 6.41. The molecule has 3 aromatic rings. The topological polar surface area (TPSA) is 80.0 Å². The molecule has 7 heteroatoms. The fourth-order valence-corrected chi connectivity index (χ4v) is 3.89. The summed E-state index contributed by atoms with van der Waals surface area (Å²) in [5.41, 5.74) is 6.59. The molecule has 3 heterocycles. The minimum atomic E-state index is -0.0991. The van der Waals surface area contributed by atoms with Gasteiger partial charge in [-0.05, 0) is 41.5 Å². The molecule has 2 aromatic heterocycles. The average molecular weight is 413 g/mol. The van der Waals surface area contributed by atoms with Gasteiger partial charge in [-0.1, -0.05) is 37.2 Å². The highest BCUT2D eigenvalue weighted by Gasteiger charge is 2.29. The Labute approximate surface area is 175 Å². The molecule has 6 nitrogen and oxygen atoms in total. The number of aromatic nitrogens is 2. The van der Waals surface area contributed by atoms with Crippen LogP contribution in [0, 0.1) is 0 Å². The fraction of sp³-hybridized carbons (Fsp3) is 0.409. The van der Waals surface area contributed by atoms with Crippen molar-refractivity contribution in [2.75, 3.05) is 0 Å². The van der Waals surface area contributed by atoms with Crippen molar-refractivity contribution in [3.63, 3.8) is 0 Å². The molecule has 29 heavy (non-hydrogen) atoms. The fourth-order valence-electron chi connectivity index (χ4n) is 3.89. The first kappa shape index (κ1) is 19.9. The minimum absolute atomic E-state index is 0. The molecule has 0 unspecified atom stereocenters. The van der Waals surface area contributed by atoms with Crippen LogP contribution in [0.1, 0.15) is 77.0 Å². The van der Waals surface area contributed by atoms with E-state index < -0.39 is 0 Å². The molecule has 0 radical (unpaired) electrons. The number of carbonyl (C=O) groups is 1. The van der Waals surface area contributed by atoms with Crippen LogP contribution in [0.25, 0.3) is 11.1 Å². The van der Waals surface area contributed by atoms with E-state index in [0.29, 0.717) is 23.7 Å². The SMILES string of the molecule is CC(C)c1noc2nc(C3CC3)cc(C(=O)NCc3ccc4c(c3)CNC4)c12.Cl. The number of hydrogen-bond acceptors (Lipinski definition) is 5. The molecule has 0 saturated heterocycles. The molecule has 0 spiro atoms. The summed E-state index contributed by atoms with van der Waals surface area (Å²) >= 11 is 0. The van der Waals surface area contributed by atoms with Gasteiger partial charge in [-0.3, -0.25) is 4.79 Å². The summed E-state index contributed by atoms with van der Waals surface area (Å²) in [6.07, 6.45) is 2.24. The molecule has 1 amide bonds. The maximum Gasteiger partial charge on any atom is 0.259 e. The number of nitrogens with zero attached hydrogens (tertiary/aromatic N) is 2. The lowest BCUT2D eigenvalue weighted by molar-refractivity contribution is 0.0952. The molecule has 1 aromatic carbocycles. The Morgan fingerprint density at radius 1 is 1.24 bits per heavy atom. The largest absolute Gasteiger partial charge is 0.348 e. The summed E-state index contributed by atoms with van der Waals surface area (Å²) in [5.74, 6) is 0.497. The lowest BCUT2D eigenvalue weighted by atomic mass is 10.0. The number of halogens is 1. The van der Waals surface area contributed by atoms with E-state index in [-0.39, 0.29) is 24.2 Å². The van der Waals surface area contributed by atoms with Crippen molar-refractivity contribution in [3.8, 4) is 0 Å². The highest BCUT2D eigenvalue weighted by atomic mass is 35.5. The molecule has 1 aliphatic carbocycles. The smallest absolute Gasteiger partial charge is 0.259 e. The van der Waals surface area contributed by atoms with Crippen LogP contribution in [-0.4, -0.2) is 16.0 Å². The van der Waals surface area contributed by atoms with Gasteiger partial charge in [-0.15, -0.1) is 12.4 Å². The van der Waals surface area contributed by atoms with E-state index in [1.165, 1.54) is 11.1 Å². The van der Waals surface area contributed by atoms with E-state index in [1.807, 2.05) is 19.9 Å². The monoisotopic (exact) mass is 412 g/mol. The van der Waals surface area contributed by atoms with Crippen LogP contribution in [0.2, 0.25) is 0 Å². The van der Waals surface area contributed by atoms with E-state index in [2.05, 4.69) is 39.0 Å². The van der Waals surface area contributed by atoms with Crippen LogP contribution in [-0.2, 0) is 19.6 Å². The first-order valence-corrected chi connectivity index (χ1v) is 10.00. The quantitative estimate of drug-likeness (QED) is 0.657. The summed E-state index contributed by atoms with van der Waals surface area (Å²) < 4.78 is 5.48. The zero-order valence-corrected chi connectivity index (χ0v) is 17.4. The van der Waals surface area contributed by atoms with Gasteiger partial charge in [-0.25, -0.2) is 4.98 Å². The van der Waals surface area contributed by atoms with Crippen molar-refractivity contribution >= 4 is 29.4 Å². The Balaban J connectivity index is 0.00000205. The maximum absolute atomic E-state index is 13.1. The van der Waals surface area contributed by atoms with Crippen LogP contribution in [0.15, 0.2) is 28.8 Å². The van der Waals surface area contributed by atoms with Crippen LogP contribution in [0.3, 0.4) is 0 Å². The normalized spacial score (nSPS) is 15.4.